The molecule has 0 aliphatic carbocycles. The first kappa shape index (κ1) is 18.6. The van der Waals surface area contributed by atoms with Gasteiger partial charge in [-0.3, -0.25) is 9.48 Å². The Morgan fingerprint density at radius 2 is 2.12 bits per heavy atom. The zero-order valence-corrected chi connectivity index (χ0v) is 13.6. The predicted molar refractivity (Wildman–Crippen MR) is 83.5 cm³/mol. The number of hydrogen-bond acceptors (Lipinski definition) is 6. The van der Waals surface area contributed by atoms with Gasteiger partial charge in [0.15, 0.2) is 0 Å². The summed E-state index contributed by atoms with van der Waals surface area (Å²) in [5, 5.41) is 12.2. The Bertz CT molecular complexity index is 716. The van der Waals surface area contributed by atoms with Crippen LogP contribution < -0.4 is 16.0 Å². The van der Waals surface area contributed by atoms with E-state index >= 15 is 0 Å². The molecule has 0 aromatic carbocycles. The van der Waals surface area contributed by atoms with Crippen LogP contribution in [-0.2, 0) is 18.0 Å². The number of alkyl halides is 3. The van der Waals surface area contributed by atoms with E-state index in [1.54, 1.807) is 31.2 Å². The fourth-order valence-electron chi connectivity index (χ4n) is 2.10. The summed E-state index contributed by atoms with van der Waals surface area (Å²) in [4.78, 5) is 19.3. The quantitative estimate of drug-likeness (QED) is 0.632. The number of carbonyl (C=O) groups is 1. The molecule has 0 radical (unpaired) electrons. The fraction of sp³-hybridized carbons (Fsp3) is 0.429. The topological polar surface area (TPSA) is 96.8 Å². The van der Waals surface area contributed by atoms with Gasteiger partial charge in [0.25, 0.3) is 0 Å². The number of hydrogen-bond donors (Lipinski definition) is 3. The Labute approximate surface area is 141 Å². The van der Waals surface area contributed by atoms with Crippen LogP contribution in [0.3, 0.4) is 0 Å². The average molecular weight is 357 g/mol. The molecule has 0 bridgehead atoms. The SMILES string of the molecule is CNC(C(=O)NCCNc1nccc(C(F)(F)F)n1)c1cnn(C)c1. The van der Waals surface area contributed by atoms with E-state index in [0.717, 1.165) is 12.3 Å². The van der Waals surface area contributed by atoms with Gasteiger partial charge in [-0.2, -0.15) is 18.3 Å². The third-order valence-corrected chi connectivity index (χ3v) is 3.26. The van der Waals surface area contributed by atoms with Gasteiger partial charge in [0, 0.05) is 38.1 Å². The Kier molecular flexibility index (Phi) is 5.91. The highest BCUT2D eigenvalue weighted by atomic mass is 19.4. The van der Waals surface area contributed by atoms with Gasteiger partial charge in [-0.25, -0.2) is 9.97 Å². The van der Waals surface area contributed by atoms with Crippen molar-refractivity contribution in [3.63, 3.8) is 0 Å². The number of nitrogens with one attached hydrogen (secondary N) is 3. The van der Waals surface area contributed by atoms with Crippen molar-refractivity contribution in [1.82, 2.24) is 30.4 Å². The molecule has 2 aromatic rings. The van der Waals surface area contributed by atoms with Crippen LogP contribution in [-0.4, -0.2) is 45.8 Å². The number of nitrogens with zero attached hydrogens (tertiary/aromatic N) is 4. The lowest BCUT2D eigenvalue weighted by Crippen LogP contribution is -2.38. The largest absolute Gasteiger partial charge is 0.433 e. The molecule has 8 nitrogen and oxygen atoms in total. The molecule has 0 saturated carbocycles. The Hall–Kier alpha value is -2.69. The predicted octanol–water partition coefficient (Wildman–Crippen LogP) is 0.718. The maximum atomic E-state index is 12.6. The van der Waals surface area contributed by atoms with E-state index in [1.807, 2.05) is 0 Å². The molecule has 0 aliphatic heterocycles. The normalized spacial score (nSPS) is 12.7. The van der Waals surface area contributed by atoms with Crippen molar-refractivity contribution in [2.45, 2.75) is 12.2 Å². The highest BCUT2D eigenvalue weighted by molar-refractivity contribution is 5.83. The molecule has 136 valence electrons. The van der Waals surface area contributed by atoms with Crippen LogP contribution >= 0.6 is 0 Å². The molecule has 1 amide bonds. The summed E-state index contributed by atoms with van der Waals surface area (Å²) in [5.41, 5.74) is -0.322. The van der Waals surface area contributed by atoms with Crippen LogP contribution in [0.5, 0.6) is 0 Å². The van der Waals surface area contributed by atoms with Crippen molar-refractivity contribution in [1.29, 1.82) is 0 Å². The number of amides is 1. The molecule has 3 N–H and O–H groups in total. The zero-order chi connectivity index (χ0) is 18.4. The molecular formula is C14H18F3N7O. The van der Waals surface area contributed by atoms with Crippen LogP contribution in [0.1, 0.15) is 17.3 Å². The summed E-state index contributed by atoms with van der Waals surface area (Å²) in [6, 6.07) is 0.219. The first-order valence-corrected chi connectivity index (χ1v) is 7.39. The van der Waals surface area contributed by atoms with E-state index in [0.29, 0.717) is 5.56 Å². The number of likely N-dealkylation sites (N-methyl/N-ethyl adjacent to an activating group) is 1. The van der Waals surface area contributed by atoms with Crippen molar-refractivity contribution in [2.75, 3.05) is 25.5 Å². The monoisotopic (exact) mass is 357 g/mol. The molecule has 0 saturated heterocycles. The molecule has 2 aromatic heterocycles. The highest BCUT2D eigenvalue weighted by Crippen LogP contribution is 2.27. The molecule has 0 fully saturated rings. The number of halogens is 3. The Balaban J connectivity index is 1.83. The smallest absolute Gasteiger partial charge is 0.353 e. The van der Waals surface area contributed by atoms with Crippen LogP contribution in [0, 0.1) is 0 Å². The van der Waals surface area contributed by atoms with E-state index < -0.39 is 17.9 Å². The molecule has 2 heterocycles. The van der Waals surface area contributed by atoms with Crippen LogP contribution in [0.2, 0.25) is 0 Å². The summed E-state index contributed by atoms with van der Waals surface area (Å²) in [6.07, 6.45) is -0.210. The third kappa shape index (κ3) is 5.14. The molecule has 0 aliphatic rings. The van der Waals surface area contributed by atoms with Crippen molar-refractivity contribution < 1.29 is 18.0 Å². The maximum absolute atomic E-state index is 12.6. The second kappa shape index (κ2) is 7.92. The van der Waals surface area contributed by atoms with Crippen LogP contribution in [0.15, 0.2) is 24.7 Å². The molecular weight excluding hydrogens is 339 g/mol. The van der Waals surface area contributed by atoms with E-state index in [9.17, 15) is 18.0 Å². The number of rotatable bonds is 7. The third-order valence-electron chi connectivity index (χ3n) is 3.26. The van der Waals surface area contributed by atoms with Crippen molar-refractivity contribution in [3.8, 4) is 0 Å². The molecule has 1 unspecified atom stereocenters. The summed E-state index contributed by atoms with van der Waals surface area (Å²) < 4.78 is 39.3. The van der Waals surface area contributed by atoms with Crippen molar-refractivity contribution >= 4 is 11.9 Å². The van der Waals surface area contributed by atoms with Gasteiger partial charge in [0.1, 0.15) is 11.7 Å². The van der Waals surface area contributed by atoms with Gasteiger partial charge in [0.05, 0.1) is 6.20 Å². The first-order valence-electron chi connectivity index (χ1n) is 7.39. The molecule has 1 atom stereocenters. The minimum absolute atomic E-state index is 0.151. The second-order valence-electron chi connectivity index (χ2n) is 5.15. The summed E-state index contributed by atoms with van der Waals surface area (Å²) in [5.74, 6) is -0.427. The lowest BCUT2D eigenvalue weighted by molar-refractivity contribution is -0.141. The number of carbonyl (C=O) groups excluding carboxylic acids is 1. The zero-order valence-electron chi connectivity index (χ0n) is 13.6. The summed E-state index contributed by atoms with van der Waals surface area (Å²) >= 11 is 0. The summed E-state index contributed by atoms with van der Waals surface area (Å²) in [7, 11) is 3.39. The van der Waals surface area contributed by atoms with Gasteiger partial charge in [-0.15, -0.1) is 0 Å². The van der Waals surface area contributed by atoms with E-state index in [2.05, 4.69) is 31.0 Å². The van der Waals surface area contributed by atoms with Gasteiger partial charge >= 0.3 is 6.18 Å². The molecule has 2 rings (SSSR count). The van der Waals surface area contributed by atoms with Crippen LogP contribution in [0.25, 0.3) is 0 Å². The Morgan fingerprint density at radius 3 is 2.72 bits per heavy atom. The first-order chi connectivity index (χ1) is 11.8. The van der Waals surface area contributed by atoms with Gasteiger partial charge in [0.2, 0.25) is 11.9 Å². The van der Waals surface area contributed by atoms with Gasteiger partial charge in [-0.05, 0) is 13.1 Å². The maximum Gasteiger partial charge on any atom is 0.433 e. The minimum atomic E-state index is -4.53. The number of aryl methyl sites for hydroxylation is 1. The number of anilines is 1. The molecule has 11 heteroatoms. The number of aromatic nitrogens is 4. The lowest BCUT2D eigenvalue weighted by Gasteiger charge is -2.15. The van der Waals surface area contributed by atoms with Crippen LogP contribution in [0.4, 0.5) is 19.1 Å². The van der Waals surface area contributed by atoms with E-state index in [4.69, 9.17) is 0 Å². The minimum Gasteiger partial charge on any atom is -0.353 e. The molecule has 0 spiro atoms. The van der Waals surface area contributed by atoms with Crippen molar-refractivity contribution in [3.05, 3.63) is 35.9 Å². The van der Waals surface area contributed by atoms with Gasteiger partial charge < -0.3 is 16.0 Å². The molecule has 25 heavy (non-hydrogen) atoms. The van der Waals surface area contributed by atoms with E-state index in [-0.39, 0.29) is 24.9 Å². The highest BCUT2D eigenvalue weighted by Gasteiger charge is 2.32. The van der Waals surface area contributed by atoms with E-state index in [1.165, 1.54) is 0 Å². The van der Waals surface area contributed by atoms with Crippen molar-refractivity contribution in [2.24, 2.45) is 7.05 Å². The average Bonchev–Trinajstić information content (AvgIpc) is 2.98. The fourth-order valence-corrected chi connectivity index (χ4v) is 2.10. The lowest BCUT2D eigenvalue weighted by atomic mass is 10.1. The standard InChI is InChI=1S/C14H18F3N7O/c1-18-11(9-7-22-24(2)8-9)12(25)19-5-6-21-13-20-4-3-10(23-13)14(15,16)17/h3-4,7-8,11,18H,5-6H2,1-2H3,(H,19,25)(H,20,21,23). The Morgan fingerprint density at radius 1 is 1.36 bits per heavy atom. The second-order valence-corrected chi connectivity index (χ2v) is 5.15. The van der Waals surface area contributed by atoms with Gasteiger partial charge in [-0.1, -0.05) is 0 Å². The summed E-state index contributed by atoms with van der Waals surface area (Å²) in [6.45, 7) is 0.368.